The summed E-state index contributed by atoms with van der Waals surface area (Å²) in [6, 6.07) is 0. The van der Waals surface area contributed by atoms with Gasteiger partial charge in [0.2, 0.25) is 0 Å². The van der Waals surface area contributed by atoms with Crippen molar-refractivity contribution in [2.24, 2.45) is 7.89 Å². The summed E-state index contributed by atoms with van der Waals surface area (Å²) < 4.78 is 26.6. The van der Waals surface area contributed by atoms with Gasteiger partial charge in [0, 0.05) is 0 Å². The summed E-state index contributed by atoms with van der Waals surface area (Å²) in [5.41, 5.74) is 0. The normalized spacial score (nSPS) is 12.0. The SMILES string of the molecule is CCCOC(=O)COC(=O)[I-](N)(N)O. The van der Waals surface area contributed by atoms with E-state index in [0.29, 0.717) is 6.42 Å². The maximum atomic E-state index is 10.8. The molecule has 0 aromatic rings. The predicted octanol–water partition coefficient (Wildman–Crippen LogP) is -4.11. The van der Waals surface area contributed by atoms with Gasteiger partial charge in [-0.3, -0.25) is 0 Å². The van der Waals surface area contributed by atoms with E-state index in [4.69, 9.17) is 11.3 Å². The molecule has 0 atom stereocenters. The molecule has 0 rings (SSSR count). The first-order valence-electron chi connectivity index (χ1n) is 3.75. The summed E-state index contributed by atoms with van der Waals surface area (Å²) in [4.78, 5) is 21.6. The molecule has 86 valence electrons. The molecule has 14 heavy (non-hydrogen) atoms. The van der Waals surface area contributed by atoms with Crippen LogP contribution in [0.3, 0.4) is 0 Å². The van der Waals surface area contributed by atoms with Crippen molar-refractivity contribution in [2.75, 3.05) is 13.2 Å². The summed E-state index contributed by atoms with van der Waals surface area (Å²) in [7, 11) is 0. The fourth-order valence-corrected chi connectivity index (χ4v) is 1.12. The van der Waals surface area contributed by atoms with Crippen molar-refractivity contribution in [3.8, 4) is 0 Å². The summed E-state index contributed by atoms with van der Waals surface area (Å²) in [6.07, 6.45) is 0.675. The number of hydrogen-bond donors (Lipinski definition) is 3. The van der Waals surface area contributed by atoms with Crippen LogP contribution in [0.2, 0.25) is 0 Å². The molecule has 0 heterocycles. The Hall–Kier alpha value is -0.450. The van der Waals surface area contributed by atoms with E-state index in [1.165, 1.54) is 0 Å². The molecule has 5 N–H and O–H groups in total. The molecule has 0 saturated heterocycles. The van der Waals surface area contributed by atoms with Crippen LogP contribution in [-0.4, -0.2) is 26.6 Å². The van der Waals surface area contributed by atoms with E-state index in [2.05, 4.69) is 9.47 Å². The average molecular weight is 321 g/mol. The maximum absolute atomic E-state index is 10.8. The molecule has 0 amide bonds. The van der Waals surface area contributed by atoms with Crippen molar-refractivity contribution >= 4 is 9.95 Å². The molecule has 0 aliphatic rings. The fraction of sp³-hybridized carbons (Fsp3) is 0.667. The van der Waals surface area contributed by atoms with Gasteiger partial charge in [-0.05, 0) is 0 Å². The van der Waals surface area contributed by atoms with E-state index in [0.717, 1.165) is 0 Å². The van der Waals surface area contributed by atoms with Crippen molar-refractivity contribution in [3.05, 3.63) is 0 Å². The van der Waals surface area contributed by atoms with Gasteiger partial charge in [-0.15, -0.1) is 0 Å². The zero-order valence-electron chi connectivity index (χ0n) is 7.73. The molecule has 0 saturated carbocycles. The number of rotatable bonds is 5. The molecule has 0 spiro atoms. The van der Waals surface area contributed by atoms with E-state index < -0.39 is 35.9 Å². The Morgan fingerprint density at radius 2 is 1.93 bits per heavy atom. The first-order chi connectivity index (χ1) is 6.38. The molecule has 0 aliphatic carbocycles. The number of nitrogens with two attached hydrogens (primary N) is 2. The second-order valence-corrected chi connectivity index (χ2v) is 6.81. The first kappa shape index (κ1) is 13.5. The predicted molar refractivity (Wildman–Crippen MR) is 43.2 cm³/mol. The minimum atomic E-state index is -4.33. The zero-order valence-corrected chi connectivity index (χ0v) is 9.89. The van der Waals surface area contributed by atoms with E-state index in [-0.39, 0.29) is 6.61 Å². The van der Waals surface area contributed by atoms with Crippen LogP contribution in [0.1, 0.15) is 13.3 Å². The van der Waals surface area contributed by atoms with Crippen LogP contribution >= 0.6 is 0 Å². The summed E-state index contributed by atoms with van der Waals surface area (Å²) >= 11 is -4.33. The minimum absolute atomic E-state index is 0.257. The van der Waals surface area contributed by atoms with Crippen molar-refractivity contribution in [3.63, 3.8) is 0 Å². The monoisotopic (exact) mass is 321 g/mol. The molecule has 0 unspecified atom stereocenters. The van der Waals surface area contributed by atoms with Crippen molar-refractivity contribution in [1.29, 1.82) is 0 Å². The Kier molecular flexibility index (Phi) is 5.92. The van der Waals surface area contributed by atoms with Gasteiger partial charge in [0.05, 0.1) is 0 Å². The van der Waals surface area contributed by atoms with Crippen molar-refractivity contribution < 1.29 is 41.9 Å². The molecule has 0 aromatic heterocycles. The van der Waals surface area contributed by atoms with E-state index in [1.54, 1.807) is 0 Å². The Balaban J connectivity index is 3.73. The number of carbonyl (C=O) groups excluding carboxylic acids is 2. The number of carbonyl (C=O) groups is 2. The molecule has 0 fully saturated rings. The Labute approximate surface area is 86.5 Å². The molecular weight excluding hydrogens is 307 g/mol. The summed E-state index contributed by atoms with van der Waals surface area (Å²) in [5.74, 6) is -0.689. The second kappa shape index (κ2) is 6.11. The summed E-state index contributed by atoms with van der Waals surface area (Å²) in [6.45, 7) is 1.51. The molecule has 0 bridgehead atoms. The molecule has 8 heteroatoms. The molecule has 7 nitrogen and oxygen atoms in total. The van der Waals surface area contributed by atoms with Crippen LogP contribution in [-0.2, 0) is 14.3 Å². The van der Waals surface area contributed by atoms with Crippen LogP contribution in [0.25, 0.3) is 0 Å². The van der Waals surface area contributed by atoms with Crippen LogP contribution in [0.5, 0.6) is 0 Å². The Morgan fingerprint density at radius 1 is 1.36 bits per heavy atom. The number of hydrogen-bond acceptors (Lipinski definition) is 7. The fourth-order valence-electron chi connectivity index (χ4n) is 0.461. The average Bonchev–Trinajstić information content (AvgIpc) is 2.09. The zero-order chi connectivity index (χ0) is 11.2. The van der Waals surface area contributed by atoms with Gasteiger partial charge in [0.1, 0.15) is 0 Å². The van der Waals surface area contributed by atoms with Gasteiger partial charge in [0.25, 0.3) is 0 Å². The summed E-state index contributed by atoms with van der Waals surface area (Å²) in [5, 5.41) is 0. The molecule has 0 aromatic carbocycles. The third-order valence-electron chi connectivity index (χ3n) is 1.02. The van der Waals surface area contributed by atoms with Crippen LogP contribution in [0.4, 0.5) is 4.79 Å². The third kappa shape index (κ3) is 6.07. The van der Waals surface area contributed by atoms with Gasteiger partial charge in [-0.2, -0.15) is 0 Å². The van der Waals surface area contributed by atoms with Crippen LogP contribution in [0, 0.1) is 0 Å². The van der Waals surface area contributed by atoms with E-state index in [9.17, 15) is 9.59 Å². The topological polar surface area (TPSA) is 125 Å². The molecule has 0 radical (unpaired) electrons. The van der Waals surface area contributed by atoms with Crippen LogP contribution in [0.15, 0.2) is 0 Å². The Bertz CT molecular complexity index is 215. The quantitative estimate of drug-likeness (QED) is 0.203. The third-order valence-corrected chi connectivity index (χ3v) is 2.74. The van der Waals surface area contributed by atoms with Gasteiger partial charge < -0.3 is 0 Å². The van der Waals surface area contributed by atoms with E-state index in [1.807, 2.05) is 6.92 Å². The molecule has 0 aliphatic heterocycles. The number of ether oxygens (including phenoxy) is 2. The standard InChI is InChI=1S/C6H14IN2O5/c1-2-3-13-5(10)4-14-6(11)7(8,9)12/h12H,2-4,8-9H2,1H3/q-1. The van der Waals surface area contributed by atoms with E-state index >= 15 is 0 Å². The van der Waals surface area contributed by atoms with Crippen LogP contribution < -0.4 is 27.3 Å². The van der Waals surface area contributed by atoms with Gasteiger partial charge in [-0.1, -0.05) is 0 Å². The number of halogens is 1. The van der Waals surface area contributed by atoms with Gasteiger partial charge >= 0.3 is 86.3 Å². The second-order valence-electron chi connectivity index (χ2n) is 2.37. The Morgan fingerprint density at radius 3 is 2.36 bits per heavy atom. The first-order valence-corrected chi connectivity index (χ1v) is 8.28. The van der Waals surface area contributed by atoms with Gasteiger partial charge in [-0.25, -0.2) is 0 Å². The van der Waals surface area contributed by atoms with Crippen molar-refractivity contribution in [2.45, 2.75) is 13.3 Å². The van der Waals surface area contributed by atoms with Crippen molar-refractivity contribution in [1.82, 2.24) is 0 Å². The molecular formula is C6H14IN2O5-. The van der Waals surface area contributed by atoms with Gasteiger partial charge in [0.15, 0.2) is 0 Å². The number of esters is 1.